The van der Waals surface area contributed by atoms with E-state index < -0.39 is 36.2 Å². The molecule has 3 unspecified atom stereocenters. The van der Waals surface area contributed by atoms with Gasteiger partial charge in [0.25, 0.3) is 0 Å². The molecule has 0 aromatic heterocycles. The van der Waals surface area contributed by atoms with Gasteiger partial charge in [-0.2, -0.15) is 0 Å². The van der Waals surface area contributed by atoms with Crippen LogP contribution in [0, 0.1) is 5.92 Å². The molecule has 1 saturated carbocycles. The second-order valence-electron chi connectivity index (χ2n) is 5.70. The van der Waals surface area contributed by atoms with E-state index in [9.17, 15) is 14.4 Å². The minimum absolute atomic E-state index is 0.0856. The van der Waals surface area contributed by atoms with Gasteiger partial charge in [0.05, 0.1) is 6.10 Å². The summed E-state index contributed by atoms with van der Waals surface area (Å²) in [6.07, 6.45) is 4.30. The highest BCUT2D eigenvalue weighted by Gasteiger charge is 2.46. The van der Waals surface area contributed by atoms with Gasteiger partial charge in [-0.25, -0.2) is 9.59 Å². The molecule has 23 heavy (non-hydrogen) atoms. The van der Waals surface area contributed by atoms with Crippen molar-refractivity contribution in [2.45, 2.75) is 57.5 Å². The first-order valence-corrected chi connectivity index (χ1v) is 7.87. The Labute approximate surface area is 134 Å². The number of ether oxygens (including phenoxy) is 4. The molecule has 0 aromatic rings. The number of carbonyl (C=O) groups is 3. The molecule has 128 valence electrons. The van der Waals surface area contributed by atoms with Crippen LogP contribution in [0.1, 0.15) is 39.0 Å². The SMILES string of the molecule is C=CC(=O)OC1C(=O)OCC1C(=O)OC(C)OC1CCCCC1. The van der Waals surface area contributed by atoms with E-state index in [4.69, 9.17) is 18.9 Å². The molecule has 3 atom stereocenters. The number of hydrogen-bond donors (Lipinski definition) is 0. The zero-order chi connectivity index (χ0) is 16.8. The lowest BCUT2D eigenvalue weighted by Gasteiger charge is -2.26. The zero-order valence-electron chi connectivity index (χ0n) is 13.2. The van der Waals surface area contributed by atoms with Gasteiger partial charge in [0.15, 0.2) is 6.29 Å². The predicted octanol–water partition coefficient (Wildman–Crippen LogP) is 1.50. The van der Waals surface area contributed by atoms with Crippen molar-refractivity contribution >= 4 is 17.9 Å². The lowest BCUT2D eigenvalue weighted by Crippen LogP contribution is -2.36. The van der Waals surface area contributed by atoms with Crippen LogP contribution in [0.3, 0.4) is 0 Å². The molecule has 2 rings (SSSR count). The average molecular weight is 326 g/mol. The molecular weight excluding hydrogens is 304 g/mol. The third-order valence-corrected chi connectivity index (χ3v) is 3.93. The highest BCUT2D eigenvalue weighted by Crippen LogP contribution is 2.24. The molecule has 1 saturated heterocycles. The maximum Gasteiger partial charge on any atom is 0.348 e. The Hall–Kier alpha value is -1.89. The van der Waals surface area contributed by atoms with Gasteiger partial charge in [-0.05, 0) is 19.8 Å². The molecule has 0 radical (unpaired) electrons. The normalized spacial score (nSPS) is 26.2. The fourth-order valence-corrected chi connectivity index (χ4v) is 2.75. The highest BCUT2D eigenvalue weighted by molar-refractivity contribution is 5.90. The summed E-state index contributed by atoms with van der Waals surface area (Å²) in [5.74, 6) is -3.22. The summed E-state index contributed by atoms with van der Waals surface area (Å²) < 4.78 is 20.6. The molecular formula is C16H22O7. The Morgan fingerprint density at radius 2 is 2.00 bits per heavy atom. The van der Waals surface area contributed by atoms with E-state index in [0.29, 0.717) is 0 Å². The molecule has 7 heteroatoms. The maximum absolute atomic E-state index is 12.2. The Bertz CT molecular complexity index is 467. The Morgan fingerprint density at radius 3 is 2.65 bits per heavy atom. The quantitative estimate of drug-likeness (QED) is 0.316. The lowest BCUT2D eigenvalue weighted by molar-refractivity contribution is -0.194. The summed E-state index contributed by atoms with van der Waals surface area (Å²) in [6.45, 7) is 4.70. The summed E-state index contributed by atoms with van der Waals surface area (Å²) in [6, 6.07) is 0. The highest BCUT2D eigenvalue weighted by atomic mass is 16.7. The van der Waals surface area contributed by atoms with Crippen molar-refractivity contribution < 1.29 is 33.3 Å². The van der Waals surface area contributed by atoms with Gasteiger partial charge in [-0.15, -0.1) is 0 Å². The van der Waals surface area contributed by atoms with Gasteiger partial charge in [0.1, 0.15) is 12.5 Å². The number of carbonyl (C=O) groups excluding carboxylic acids is 3. The molecule has 1 aliphatic heterocycles. The van der Waals surface area contributed by atoms with E-state index in [1.165, 1.54) is 6.42 Å². The van der Waals surface area contributed by atoms with Gasteiger partial charge in [-0.3, -0.25) is 4.79 Å². The zero-order valence-corrected chi connectivity index (χ0v) is 13.2. The summed E-state index contributed by atoms with van der Waals surface area (Å²) in [4.78, 5) is 35.0. The molecule has 7 nitrogen and oxygen atoms in total. The molecule has 2 aliphatic rings. The predicted molar refractivity (Wildman–Crippen MR) is 78.0 cm³/mol. The van der Waals surface area contributed by atoms with E-state index in [0.717, 1.165) is 31.8 Å². The average Bonchev–Trinajstić information content (AvgIpc) is 2.89. The Morgan fingerprint density at radius 1 is 1.30 bits per heavy atom. The molecule has 0 spiro atoms. The fourth-order valence-electron chi connectivity index (χ4n) is 2.75. The Balaban J connectivity index is 1.86. The van der Waals surface area contributed by atoms with Crippen LogP contribution in [0.2, 0.25) is 0 Å². The minimum atomic E-state index is -1.30. The Kier molecular flexibility index (Phi) is 6.15. The first kappa shape index (κ1) is 17.5. The van der Waals surface area contributed by atoms with Crippen LogP contribution in [-0.4, -0.2) is 43.0 Å². The van der Waals surface area contributed by atoms with Crippen LogP contribution in [0.5, 0.6) is 0 Å². The van der Waals surface area contributed by atoms with Crippen LogP contribution < -0.4 is 0 Å². The summed E-state index contributed by atoms with van der Waals surface area (Å²) >= 11 is 0. The minimum Gasteiger partial charge on any atom is -0.462 e. The van der Waals surface area contributed by atoms with Crippen molar-refractivity contribution in [3.05, 3.63) is 12.7 Å². The summed E-state index contributed by atoms with van der Waals surface area (Å²) in [5.41, 5.74) is 0. The molecule has 0 bridgehead atoms. The van der Waals surface area contributed by atoms with Crippen LogP contribution in [0.4, 0.5) is 0 Å². The molecule has 0 aromatic carbocycles. The smallest absolute Gasteiger partial charge is 0.348 e. The van der Waals surface area contributed by atoms with Crippen molar-refractivity contribution in [3.8, 4) is 0 Å². The van der Waals surface area contributed by atoms with E-state index >= 15 is 0 Å². The lowest BCUT2D eigenvalue weighted by atomic mass is 9.98. The number of rotatable bonds is 6. The van der Waals surface area contributed by atoms with Crippen molar-refractivity contribution in [3.63, 3.8) is 0 Å². The standard InChI is InChI=1S/C16H22O7/c1-3-13(17)23-14-12(9-20-16(14)19)15(18)22-10(2)21-11-7-5-4-6-8-11/h3,10-12,14H,1,4-9H2,2H3. The monoisotopic (exact) mass is 326 g/mol. The van der Waals surface area contributed by atoms with E-state index in [1.807, 2.05) is 0 Å². The molecule has 1 aliphatic carbocycles. The van der Waals surface area contributed by atoms with E-state index in [1.54, 1.807) is 6.92 Å². The maximum atomic E-state index is 12.2. The third kappa shape index (κ3) is 4.79. The second-order valence-corrected chi connectivity index (χ2v) is 5.70. The van der Waals surface area contributed by atoms with Crippen LogP contribution in [-0.2, 0) is 33.3 Å². The van der Waals surface area contributed by atoms with Gasteiger partial charge in [-0.1, -0.05) is 25.8 Å². The largest absolute Gasteiger partial charge is 0.462 e. The van der Waals surface area contributed by atoms with Crippen LogP contribution in [0.25, 0.3) is 0 Å². The second kappa shape index (κ2) is 8.10. The molecule has 1 heterocycles. The number of hydrogen-bond acceptors (Lipinski definition) is 7. The number of cyclic esters (lactones) is 1. The molecule has 0 amide bonds. The van der Waals surface area contributed by atoms with Gasteiger partial charge < -0.3 is 18.9 Å². The first-order valence-electron chi connectivity index (χ1n) is 7.87. The molecule has 0 N–H and O–H groups in total. The molecule has 2 fully saturated rings. The third-order valence-electron chi connectivity index (χ3n) is 3.93. The van der Waals surface area contributed by atoms with Gasteiger partial charge in [0.2, 0.25) is 6.10 Å². The summed E-state index contributed by atoms with van der Waals surface area (Å²) in [5, 5.41) is 0. The van der Waals surface area contributed by atoms with Crippen molar-refractivity contribution in [1.82, 2.24) is 0 Å². The van der Waals surface area contributed by atoms with Gasteiger partial charge in [0, 0.05) is 6.08 Å². The summed E-state index contributed by atoms with van der Waals surface area (Å²) in [7, 11) is 0. The topological polar surface area (TPSA) is 88.1 Å². The van der Waals surface area contributed by atoms with Gasteiger partial charge >= 0.3 is 17.9 Å². The van der Waals surface area contributed by atoms with E-state index in [-0.39, 0.29) is 12.7 Å². The van der Waals surface area contributed by atoms with Crippen molar-refractivity contribution in [1.29, 1.82) is 0 Å². The fraction of sp³-hybridized carbons (Fsp3) is 0.688. The first-order chi connectivity index (χ1) is 11.0. The van der Waals surface area contributed by atoms with Crippen molar-refractivity contribution in [2.24, 2.45) is 5.92 Å². The van der Waals surface area contributed by atoms with Crippen LogP contribution in [0.15, 0.2) is 12.7 Å². The number of esters is 3. The van der Waals surface area contributed by atoms with E-state index in [2.05, 4.69) is 6.58 Å². The van der Waals surface area contributed by atoms with Crippen molar-refractivity contribution in [2.75, 3.05) is 6.61 Å². The van der Waals surface area contributed by atoms with Crippen LogP contribution >= 0.6 is 0 Å².